The molecule has 1 N–H and O–H groups in total. The number of aromatic nitrogens is 2. The fourth-order valence-electron chi connectivity index (χ4n) is 5.26. The van der Waals surface area contributed by atoms with Crippen LogP contribution in [0.4, 0.5) is 0 Å². The van der Waals surface area contributed by atoms with Crippen LogP contribution >= 0.6 is 34.8 Å². The highest BCUT2D eigenvalue weighted by atomic mass is 35.5. The molecule has 0 spiro atoms. The van der Waals surface area contributed by atoms with Crippen molar-refractivity contribution in [3.63, 3.8) is 0 Å². The molecule has 1 heterocycles. The Bertz CT molecular complexity index is 1320. The molecule has 0 bridgehead atoms. The van der Waals surface area contributed by atoms with Gasteiger partial charge in [-0.25, -0.2) is 9.48 Å². The first-order valence-corrected chi connectivity index (χ1v) is 17.2. The van der Waals surface area contributed by atoms with Gasteiger partial charge >= 0.3 is 5.97 Å². The molecular formula is C35H46Cl3N3O3. The first kappa shape index (κ1) is 35.9. The number of benzene rings is 2. The Hall–Kier alpha value is -2.54. The zero-order chi connectivity index (χ0) is 31.7. The van der Waals surface area contributed by atoms with Crippen LogP contribution in [0, 0.1) is 6.92 Å². The topological polar surface area (TPSA) is 73.2 Å². The maximum absolute atomic E-state index is 13.1. The lowest BCUT2D eigenvalue weighted by molar-refractivity contribution is -0.121. The molecule has 1 aromatic heterocycles. The lowest BCUT2D eigenvalue weighted by atomic mass is 10.0. The largest absolute Gasteiger partial charge is 0.459 e. The smallest absolute Gasteiger partial charge is 0.359 e. The molecule has 0 saturated carbocycles. The minimum atomic E-state index is -0.577. The maximum Gasteiger partial charge on any atom is 0.359 e. The molecule has 0 aliphatic rings. The van der Waals surface area contributed by atoms with Gasteiger partial charge in [-0.3, -0.25) is 4.79 Å². The van der Waals surface area contributed by atoms with Gasteiger partial charge in [0.2, 0.25) is 5.91 Å². The van der Waals surface area contributed by atoms with Crippen molar-refractivity contribution in [2.75, 3.05) is 13.2 Å². The number of hydrogen-bond donors (Lipinski definition) is 1. The Morgan fingerprint density at radius 3 is 1.95 bits per heavy atom. The lowest BCUT2D eigenvalue weighted by Crippen LogP contribution is -2.28. The molecule has 3 aromatic rings. The SMILES string of the molecule is CCCCCCCCCCCCCCCC(=O)NCCOC(=O)c1nn(-c2ccc(Cl)cc2Cl)c(-c2ccc(Cl)cc2)c1C. The van der Waals surface area contributed by atoms with Crippen molar-refractivity contribution >= 4 is 46.7 Å². The molecule has 6 nitrogen and oxygen atoms in total. The van der Waals surface area contributed by atoms with Crippen LogP contribution in [-0.4, -0.2) is 34.8 Å². The average molecular weight is 663 g/mol. The van der Waals surface area contributed by atoms with Crippen LogP contribution in [0.25, 0.3) is 16.9 Å². The molecule has 3 rings (SSSR count). The van der Waals surface area contributed by atoms with Crippen molar-refractivity contribution in [2.24, 2.45) is 0 Å². The summed E-state index contributed by atoms with van der Waals surface area (Å²) in [6.07, 6.45) is 17.0. The van der Waals surface area contributed by atoms with Crippen LogP contribution < -0.4 is 5.32 Å². The maximum atomic E-state index is 13.1. The van der Waals surface area contributed by atoms with E-state index >= 15 is 0 Å². The third-order valence-electron chi connectivity index (χ3n) is 7.74. The predicted molar refractivity (Wildman–Crippen MR) is 182 cm³/mol. The van der Waals surface area contributed by atoms with Gasteiger partial charge in [-0.2, -0.15) is 5.10 Å². The zero-order valence-corrected chi connectivity index (χ0v) is 28.4. The van der Waals surface area contributed by atoms with Gasteiger partial charge in [0.05, 0.1) is 22.9 Å². The zero-order valence-electron chi connectivity index (χ0n) is 26.1. The minimum absolute atomic E-state index is 0.0213. The number of nitrogens with zero attached hydrogens (tertiary/aromatic N) is 2. The molecule has 0 saturated heterocycles. The molecule has 240 valence electrons. The molecule has 0 fully saturated rings. The number of carbonyl (C=O) groups is 2. The Balaban J connectivity index is 1.40. The van der Waals surface area contributed by atoms with E-state index in [-0.39, 0.29) is 24.8 Å². The molecule has 2 aromatic carbocycles. The van der Waals surface area contributed by atoms with E-state index < -0.39 is 5.97 Å². The van der Waals surface area contributed by atoms with Crippen LogP contribution in [0.3, 0.4) is 0 Å². The van der Waals surface area contributed by atoms with E-state index in [1.165, 1.54) is 70.6 Å². The monoisotopic (exact) mass is 661 g/mol. The number of ether oxygens (including phenoxy) is 1. The molecule has 1 amide bonds. The molecular weight excluding hydrogens is 617 g/mol. The van der Waals surface area contributed by atoms with E-state index in [1.807, 2.05) is 19.1 Å². The average Bonchev–Trinajstić information content (AvgIpc) is 3.34. The summed E-state index contributed by atoms with van der Waals surface area (Å²) in [5, 5.41) is 8.90. The summed E-state index contributed by atoms with van der Waals surface area (Å²) < 4.78 is 7.10. The third-order valence-corrected chi connectivity index (χ3v) is 8.53. The number of amides is 1. The minimum Gasteiger partial charge on any atom is -0.459 e. The van der Waals surface area contributed by atoms with E-state index in [9.17, 15) is 9.59 Å². The number of carbonyl (C=O) groups excluding carboxylic acids is 2. The molecule has 0 radical (unpaired) electrons. The van der Waals surface area contributed by atoms with Crippen molar-refractivity contribution < 1.29 is 14.3 Å². The molecule has 0 atom stereocenters. The summed E-state index contributed by atoms with van der Waals surface area (Å²) in [5.74, 6) is -0.598. The van der Waals surface area contributed by atoms with E-state index in [2.05, 4.69) is 17.3 Å². The second-order valence-corrected chi connectivity index (χ2v) is 12.6. The van der Waals surface area contributed by atoms with Crippen molar-refractivity contribution in [2.45, 2.75) is 104 Å². The standard InChI is InChI=1S/C35H46Cl3N3O3/c1-3-4-5-6-7-8-9-10-11-12-13-14-15-16-32(42)39-23-24-44-35(43)33-26(2)34(27-17-19-28(36)20-18-27)41(40-33)31-22-21-29(37)25-30(31)38/h17-22,25H,3-16,23-24H2,1-2H3,(H,39,42). The van der Waals surface area contributed by atoms with Gasteiger partial charge in [-0.15, -0.1) is 0 Å². The Morgan fingerprint density at radius 1 is 0.795 bits per heavy atom. The van der Waals surface area contributed by atoms with E-state index in [1.54, 1.807) is 35.0 Å². The van der Waals surface area contributed by atoms with Crippen molar-refractivity contribution in [3.8, 4) is 16.9 Å². The Labute approximate surface area is 277 Å². The normalized spacial score (nSPS) is 11.1. The molecule has 0 aliphatic heterocycles. The summed E-state index contributed by atoms with van der Waals surface area (Å²) in [5.41, 5.74) is 2.87. The number of halogens is 3. The van der Waals surface area contributed by atoms with Gasteiger partial charge in [-0.05, 0) is 43.7 Å². The number of esters is 1. The van der Waals surface area contributed by atoms with Crippen LogP contribution in [0.5, 0.6) is 0 Å². The Morgan fingerprint density at radius 2 is 1.36 bits per heavy atom. The first-order chi connectivity index (χ1) is 21.3. The van der Waals surface area contributed by atoms with Gasteiger partial charge in [-0.1, -0.05) is 131 Å². The van der Waals surface area contributed by atoms with Crippen LogP contribution in [0.15, 0.2) is 42.5 Å². The van der Waals surface area contributed by atoms with Gasteiger partial charge in [0.1, 0.15) is 6.61 Å². The summed E-state index contributed by atoms with van der Waals surface area (Å²) in [6.45, 7) is 4.36. The fourth-order valence-corrected chi connectivity index (χ4v) is 5.87. The summed E-state index contributed by atoms with van der Waals surface area (Å²) >= 11 is 18.7. The highest BCUT2D eigenvalue weighted by molar-refractivity contribution is 6.35. The van der Waals surface area contributed by atoms with Crippen molar-refractivity contribution in [3.05, 3.63) is 68.8 Å². The van der Waals surface area contributed by atoms with Crippen molar-refractivity contribution in [1.82, 2.24) is 15.1 Å². The second kappa shape index (κ2) is 19.8. The third kappa shape index (κ3) is 11.8. The van der Waals surface area contributed by atoms with Gasteiger partial charge in [0, 0.05) is 27.6 Å². The first-order valence-electron chi connectivity index (χ1n) is 16.1. The quantitative estimate of drug-likeness (QED) is 0.0965. The van der Waals surface area contributed by atoms with Gasteiger partial charge in [0.25, 0.3) is 0 Å². The molecule has 0 aliphatic carbocycles. The van der Waals surface area contributed by atoms with Crippen LogP contribution in [0.1, 0.15) is 113 Å². The molecule has 0 unspecified atom stereocenters. The summed E-state index contributed by atoms with van der Waals surface area (Å²) in [6, 6.07) is 12.3. The van der Waals surface area contributed by atoms with Crippen molar-refractivity contribution in [1.29, 1.82) is 0 Å². The highest BCUT2D eigenvalue weighted by Gasteiger charge is 2.24. The number of unbranched alkanes of at least 4 members (excludes halogenated alkanes) is 12. The van der Waals surface area contributed by atoms with Crippen LogP contribution in [0.2, 0.25) is 15.1 Å². The number of hydrogen-bond acceptors (Lipinski definition) is 4. The van der Waals surface area contributed by atoms with E-state index in [4.69, 9.17) is 39.5 Å². The van der Waals surface area contributed by atoms with Gasteiger partial charge < -0.3 is 10.1 Å². The van der Waals surface area contributed by atoms with Crippen LogP contribution in [-0.2, 0) is 9.53 Å². The number of nitrogens with one attached hydrogen (secondary N) is 1. The molecule has 44 heavy (non-hydrogen) atoms. The van der Waals surface area contributed by atoms with E-state index in [0.29, 0.717) is 38.4 Å². The summed E-state index contributed by atoms with van der Waals surface area (Å²) in [7, 11) is 0. The molecule has 9 heteroatoms. The number of rotatable bonds is 20. The fraction of sp³-hybridized carbons (Fsp3) is 0.514. The van der Waals surface area contributed by atoms with E-state index in [0.717, 1.165) is 18.4 Å². The highest BCUT2D eigenvalue weighted by Crippen LogP contribution is 2.33. The lowest BCUT2D eigenvalue weighted by Gasteiger charge is -2.11. The summed E-state index contributed by atoms with van der Waals surface area (Å²) in [4.78, 5) is 25.3. The predicted octanol–water partition coefficient (Wildman–Crippen LogP) is 10.6. The van der Waals surface area contributed by atoms with Gasteiger partial charge in [0.15, 0.2) is 5.69 Å². The Kier molecular flexibility index (Phi) is 16.1. The second-order valence-electron chi connectivity index (χ2n) is 11.3.